The van der Waals surface area contributed by atoms with Gasteiger partial charge in [-0.25, -0.2) is 4.79 Å². The summed E-state index contributed by atoms with van der Waals surface area (Å²) in [7, 11) is 0. The van der Waals surface area contributed by atoms with E-state index in [4.69, 9.17) is 4.74 Å². The van der Waals surface area contributed by atoms with Crippen molar-refractivity contribution < 1.29 is 24.2 Å². The highest BCUT2D eigenvalue weighted by Crippen LogP contribution is 2.44. The van der Waals surface area contributed by atoms with Gasteiger partial charge in [0.15, 0.2) is 0 Å². The van der Waals surface area contributed by atoms with Gasteiger partial charge in [0.2, 0.25) is 5.91 Å². The molecule has 0 spiro atoms. The molecule has 2 atom stereocenters. The predicted molar refractivity (Wildman–Crippen MR) is 132 cm³/mol. The van der Waals surface area contributed by atoms with E-state index in [1.807, 2.05) is 85.8 Å². The molecule has 7 heteroatoms. The fourth-order valence-corrected chi connectivity index (χ4v) is 4.54. The van der Waals surface area contributed by atoms with E-state index in [-0.39, 0.29) is 18.6 Å². The van der Waals surface area contributed by atoms with Crippen LogP contribution in [0.1, 0.15) is 48.4 Å². The summed E-state index contributed by atoms with van der Waals surface area (Å²) in [6, 6.07) is 23.8. The summed E-state index contributed by atoms with van der Waals surface area (Å²) < 4.78 is 5.49. The second-order valence-electron chi connectivity index (χ2n) is 8.50. The maximum atomic E-state index is 12.9. The Morgan fingerprint density at radius 1 is 0.857 bits per heavy atom. The Kier molecular flexibility index (Phi) is 7.45. The molecule has 1 aliphatic rings. The average molecular weight is 473 g/mol. The van der Waals surface area contributed by atoms with Gasteiger partial charge in [-0.15, -0.1) is 0 Å². The van der Waals surface area contributed by atoms with Crippen molar-refractivity contribution in [1.29, 1.82) is 0 Å². The fourth-order valence-electron chi connectivity index (χ4n) is 4.54. The summed E-state index contributed by atoms with van der Waals surface area (Å²) in [5.41, 5.74) is 5.24. The van der Waals surface area contributed by atoms with E-state index in [1.165, 1.54) is 0 Å². The number of carboxylic acid groups (broad SMARTS) is 1. The lowest BCUT2D eigenvalue weighted by molar-refractivity contribution is -0.140. The van der Waals surface area contributed by atoms with Crippen molar-refractivity contribution in [2.75, 3.05) is 6.61 Å². The molecule has 3 aromatic carbocycles. The van der Waals surface area contributed by atoms with Crippen molar-refractivity contribution in [3.8, 4) is 11.1 Å². The topological polar surface area (TPSA) is 105 Å². The summed E-state index contributed by atoms with van der Waals surface area (Å²) in [6.45, 7) is 1.99. The Balaban J connectivity index is 1.42. The summed E-state index contributed by atoms with van der Waals surface area (Å²) in [4.78, 5) is 36.9. The molecular weight excluding hydrogens is 444 g/mol. The monoisotopic (exact) mass is 472 g/mol. The Bertz CT molecular complexity index is 1170. The first-order chi connectivity index (χ1) is 17.0. The van der Waals surface area contributed by atoms with Crippen molar-refractivity contribution in [2.45, 2.75) is 37.8 Å². The number of rotatable bonds is 9. The molecule has 1 aliphatic carbocycles. The van der Waals surface area contributed by atoms with Gasteiger partial charge >= 0.3 is 12.1 Å². The van der Waals surface area contributed by atoms with Crippen molar-refractivity contribution in [2.24, 2.45) is 0 Å². The summed E-state index contributed by atoms with van der Waals surface area (Å²) in [6.07, 6.45) is -0.775. The van der Waals surface area contributed by atoms with Crippen LogP contribution in [0.25, 0.3) is 11.1 Å². The van der Waals surface area contributed by atoms with Crippen LogP contribution in [0.2, 0.25) is 0 Å². The molecule has 7 nitrogen and oxygen atoms in total. The number of hydrogen-bond donors (Lipinski definition) is 3. The van der Waals surface area contributed by atoms with Gasteiger partial charge < -0.3 is 20.5 Å². The van der Waals surface area contributed by atoms with Crippen LogP contribution in [-0.2, 0) is 14.3 Å². The zero-order valence-corrected chi connectivity index (χ0v) is 19.4. The average Bonchev–Trinajstić information content (AvgIpc) is 3.19. The van der Waals surface area contributed by atoms with Crippen LogP contribution in [0.5, 0.6) is 0 Å². The van der Waals surface area contributed by atoms with Crippen LogP contribution in [-0.4, -0.2) is 35.7 Å². The number of alkyl carbamates (subject to hydrolysis) is 1. The molecule has 3 aromatic rings. The minimum absolute atomic E-state index is 0.0723. The third-order valence-electron chi connectivity index (χ3n) is 6.26. The molecule has 180 valence electrons. The quantitative estimate of drug-likeness (QED) is 0.421. The van der Waals surface area contributed by atoms with Crippen molar-refractivity contribution in [3.05, 3.63) is 95.6 Å². The molecule has 0 heterocycles. The smallest absolute Gasteiger partial charge is 0.407 e. The number of fused-ring (bicyclic) bond motifs is 3. The molecule has 0 aromatic heterocycles. The molecule has 0 saturated carbocycles. The van der Waals surface area contributed by atoms with Gasteiger partial charge in [-0.3, -0.25) is 9.59 Å². The van der Waals surface area contributed by atoms with Crippen LogP contribution in [0.4, 0.5) is 4.79 Å². The molecule has 0 saturated heterocycles. The van der Waals surface area contributed by atoms with E-state index >= 15 is 0 Å². The van der Waals surface area contributed by atoms with E-state index in [1.54, 1.807) is 0 Å². The third-order valence-corrected chi connectivity index (χ3v) is 6.26. The van der Waals surface area contributed by atoms with Crippen molar-refractivity contribution in [3.63, 3.8) is 0 Å². The first kappa shape index (κ1) is 24.0. The number of nitrogens with one attached hydrogen (secondary N) is 2. The summed E-state index contributed by atoms with van der Waals surface area (Å²) in [5.74, 6) is -1.91. The number of carbonyl (C=O) groups excluding carboxylic acids is 2. The first-order valence-electron chi connectivity index (χ1n) is 11.7. The fraction of sp³-hybridized carbons (Fsp3) is 0.250. The molecule has 1 unspecified atom stereocenters. The van der Waals surface area contributed by atoms with Crippen LogP contribution in [0.15, 0.2) is 78.9 Å². The Labute approximate surface area is 204 Å². The molecule has 0 bridgehead atoms. The van der Waals surface area contributed by atoms with Crippen molar-refractivity contribution in [1.82, 2.24) is 10.6 Å². The first-order valence-corrected chi connectivity index (χ1v) is 11.7. The zero-order valence-electron chi connectivity index (χ0n) is 19.4. The highest BCUT2D eigenvalue weighted by atomic mass is 16.5. The second-order valence-corrected chi connectivity index (χ2v) is 8.50. The molecule has 0 radical (unpaired) electrons. The zero-order chi connectivity index (χ0) is 24.8. The maximum Gasteiger partial charge on any atom is 0.407 e. The molecular formula is C28H28N2O5. The molecule has 0 fully saturated rings. The number of carboxylic acids is 1. The lowest BCUT2D eigenvalue weighted by atomic mass is 9.98. The predicted octanol–water partition coefficient (Wildman–Crippen LogP) is 4.64. The highest BCUT2D eigenvalue weighted by molar-refractivity contribution is 5.89. The molecule has 2 amide bonds. The number of hydrogen-bond acceptors (Lipinski definition) is 4. The second kappa shape index (κ2) is 10.9. The molecule has 3 N–H and O–H groups in total. The molecule has 4 rings (SSSR count). The summed E-state index contributed by atoms with van der Waals surface area (Å²) in [5, 5.41) is 14.6. The van der Waals surface area contributed by atoms with Gasteiger partial charge in [0.1, 0.15) is 12.6 Å². The highest BCUT2D eigenvalue weighted by Gasteiger charge is 2.30. The Morgan fingerprint density at radius 2 is 1.43 bits per heavy atom. The normalized spacial score (nSPS) is 13.7. The minimum atomic E-state index is -1.26. The number of ether oxygens (including phenoxy) is 1. The van der Waals surface area contributed by atoms with Crippen LogP contribution in [0, 0.1) is 0 Å². The van der Waals surface area contributed by atoms with E-state index in [9.17, 15) is 19.5 Å². The SMILES string of the molecule is CC[C@H](NC(=O)C(CC(=O)O)NC(=O)OCC1c2ccccc2-c2ccccc21)c1ccccc1. The van der Waals surface area contributed by atoms with Crippen LogP contribution < -0.4 is 10.6 Å². The minimum Gasteiger partial charge on any atom is -0.481 e. The van der Waals surface area contributed by atoms with Crippen molar-refractivity contribution >= 4 is 18.0 Å². The summed E-state index contributed by atoms with van der Waals surface area (Å²) >= 11 is 0. The van der Waals surface area contributed by atoms with Gasteiger partial charge in [-0.05, 0) is 34.2 Å². The van der Waals surface area contributed by atoms with Gasteiger partial charge in [0, 0.05) is 5.92 Å². The van der Waals surface area contributed by atoms with E-state index in [2.05, 4.69) is 10.6 Å². The maximum absolute atomic E-state index is 12.9. The third kappa shape index (κ3) is 5.51. The van der Waals surface area contributed by atoms with Crippen LogP contribution >= 0.6 is 0 Å². The lowest BCUT2D eigenvalue weighted by Crippen LogP contribution is -2.49. The number of benzene rings is 3. The standard InChI is InChI=1S/C28H28N2O5/c1-2-24(18-10-4-3-5-11-18)29-27(33)25(16-26(31)32)30-28(34)35-17-23-21-14-8-6-12-19(21)20-13-7-9-15-22(20)23/h3-15,23-25H,2,16-17H2,1H3,(H,29,33)(H,30,34)(H,31,32)/t24-,25?/m0/s1. The van der Waals surface area contributed by atoms with E-state index in [0.717, 1.165) is 27.8 Å². The van der Waals surface area contributed by atoms with E-state index in [0.29, 0.717) is 6.42 Å². The lowest BCUT2D eigenvalue weighted by Gasteiger charge is -2.22. The molecule has 35 heavy (non-hydrogen) atoms. The Morgan fingerprint density at radius 3 is 2.00 bits per heavy atom. The Hall–Kier alpha value is -4.13. The van der Waals surface area contributed by atoms with Crippen LogP contribution in [0.3, 0.4) is 0 Å². The number of aliphatic carboxylic acids is 1. The largest absolute Gasteiger partial charge is 0.481 e. The van der Waals surface area contributed by atoms with E-state index < -0.39 is 30.4 Å². The van der Waals surface area contributed by atoms with Gasteiger partial charge in [-0.1, -0.05) is 85.8 Å². The number of carbonyl (C=O) groups is 3. The van der Waals surface area contributed by atoms with Gasteiger partial charge in [0.05, 0.1) is 12.5 Å². The van der Waals surface area contributed by atoms with Gasteiger partial charge in [0.25, 0.3) is 0 Å². The van der Waals surface area contributed by atoms with Gasteiger partial charge in [-0.2, -0.15) is 0 Å². The molecule has 0 aliphatic heterocycles. The number of amides is 2.